The van der Waals surface area contributed by atoms with Gasteiger partial charge in [0.2, 0.25) is 5.43 Å². The van der Waals surface area contributed by atoms with Gasteiger partial charge < -0.3 is 20.2 Å². The molecule has 9 heteroatoms. The Morgan fingerprint density at radius 1 is 1.65 bits per heavy atom. The summed E-state index contributed by atoms with van der Waals surface area (Å²) in [6, 6.07) is 0. The van der Waals surface area contributed by atoms with Crippen molar-refractivity contribution in [1.29, 1.82) is 0 Å². The lowest BCUT2D eigenvalue weighted by Crippen LogP contribution is -2.15. The maximum atomic E-state index is 11.7. The number of nitro groups is 1. The van der Waals surface area contributed by atoms with Gasteiger partial charge in [-0.05, 0) is 4.92 Å². The number of aromatic carboxylic acids is 1. The van der Waals surface area contributed by atoms with Gasteiger partial charge in [0, 0.05) is 6.20 Å². The molecule has 0 aliphatic rings. The van der Waals surface area contributed by atoms with E-state index in [9.17, 15) is 19.7 Å². The van der Waals surface area contributed by atoms with Gasteiger partial charge >= 0.3 is 11.8 Å². The van der Waals surface area contributed by atoms with Gasteiger partial charge in [-0.15, -0.1) is 0 Å². The second-order valence-corrected chi connectivity index (χ2v) is 3.26. The fourth-order valence-corrected chi connectivity index (χ4v) is 1.51. The van der Waals surface area contributed by atoms with E-state index in [1.807, 2.05) is 0 Å². The highest BCUT2D eigenvalue weighted by Gasteiger charge is 2.26. The topological polar surface area (TPSA) is 131 Å². The lowest BCUT2D eigenvalue weighted by Gasteiger charge is -1.94. The van der Waals surface area contributed by atoms with Crippen LogP contribution in [0.5, 0.6) is 0 Å². The molecule has 0 saturated heterocycles. The quantitative estimate of drug-likeness (QED) is 0.553. The van der Waals surface area contributed by atoms with E-state index in [1.165, 1.54) is 7.05 Å². The molecule has 0 radical (unpaired) electrons. The van der Waals surface area contributed by atoms with E-state index in [-0.39, 0.29) is 11.0 Å². The minimum Gasteiger partial charge on any atom is -0.477 e. The highest BCUT2D eigenvalue weighted by molar-refractivity contribution is 5.94. The number of hydrogen-bond acceptors (Lipinski definition) is 5. The van der Waals surface area contributed by atoms with Crippen LogP contribution in [-0.2, 0) is 7.05 Å². The predicted molar refractivity (Wildman–Crippen MR) is 54.9 cm³/mol. The lowest BCUT2D eigenvalue weighted by atomic mass is 10.2. The number of carboxylic acid groups (broad SMARTS) is 1. The summed E-state index contributed by atoms with van der Waals surface area (Å²) in [5.41, 5.74) is -1.38. The summed E-state index contributed by atoms with van der Waals surface area (Å²) in [6.07, 6.45) is 0.985. The molecule has 17 heavy (non-hydrogen) atoms. The first-order valence-corrected chi connectivity index (χ1v) is 4.39. The summed E-state index contributed by atoms with van der Waals surface area (Å²) in [5, 5.41) is 22.6. The molecule has 2 aromatic rings. The smallest absolute Gasteiger partial charge is 0.403 e. The molecule has 0 bridgehead atoms. The van der Waals surface area contributed by atoms with Gasteiger partial charge in [0.1, 0.15) is 5.56 Å². The Morgan fingerprint density at radius 3 is 2.82 bits per heavy atom. The summed E-state index contributed by atoms with van der Waals surface area (Å²) < 4.78 is 1.11. The normalized spacial score (nSPS) is 10.6. The third kappa shape index (κ3) is 1.44. The van der Waals surface area contributed by atoms with E-state index < -0.39 is 27.7 Å². The number of nitrogens with one attached hydrogen (secondary N) is 1. The van der Waals surface area contributed by atoms with Crippen LogP contribution in [0.1, 0.15) is 10.4 Å². The minimum absolute atomic E-state index is 0.103. The first-order valence-electron chi connectivity index (χ1n) is 4.39. The molecule has 2 aromatic heterocycles. The molecule has 2 rings (SSSR count). The standard InChI is InChI=1S/C8H6N4O5/c1-11-6-4(7(10-11)12(16)17)5(13)3(2-9-6)8(14)15/h2H,1H3,(H,9,13)(H,14,15). The van der Waals surface area contributed by atoms with Crippen molar-refractivity contribution in [3.63, 3.8) is 0 Å². The molecule has 2 N–H and O–H groups in total. The largest absolute Gasteiger partial charge is 0.477 e. The Hall–Kier alpha value is -2.71. The van der Waals surface area contributed by atoms with Gasteiger partial charge in [-0.3, -0.25) is 4.79 Å². The second-order valence-electron chi connectivity index (χ2n) is 3.26. The van der Waals surface area contributed by atoms with Crippen LogP contribution in [0.2, 0.25) is 0 Å². The molecule has 0 saturated carbocycles. The molecular formula is C8H6N4O5. The van der Waals surface area contributed by atoms with Gasteiger partial charge in [-0.2, -0.15) is 4.68 Å². The van der Waals surface area contributed by atoms with Crippen LogP contribution in [0.4, 0.5) is 5.82 Å². The van der Waals surface area contributed by atoms with Crippen molar-refractivity contribution in [2.45, 2.75) is 0 Å². The van der Waals surface area contributed by atoms with Crippen LogP contribution in [0.25, 0.3) is 11.0 Å². The number of rotatable bonds is 2. The molecule has 2 heterocycles. The molecular weight excluding hydrogens is 232 g/mol. The molecule has 9 nitrogen and oxygen atoms in total. The first kappa shape index (κ1) is 10.8. The summed E-state index contributed by atoms with van der Waals surface area (Å²) in [6.45, 7) is 0. The number of fused-ring (bicyclic) bond motifs is 1. The maximum Gasteiger partial charge on any atom is 0.403 e. The van der Waals surface area contributed by atoms with Crippen LogP contribution >= 0.6 is 0 Å². The van der Waals surface area contributed by atoms with Crippen molar-refractivity contribution in [2.75, 3.05) is 0 Å². The van der Waals surface area contributed by atoms with Gasteiger partial charge in [0.25, 0.3) is 0 Å². The summed E-state index contributed by atoms with van der Waals surface area (Å²) in [7, 11) is 1.41. The molecule has 0 aliphatic heterocycles. The summed E-state index contributed by atoms with van der Waals surface area (Å²) in [4.78, 5) is 34.8. The van der Waals surface area contributed by atoms with Gasteiger partial charge in [0.05, 0.1) is 12.1 Å². The molecule has 0 unspecified atom stereocenters. The van der Waals surface area contributed by atoms with Crippen molar-refractivity contribution in [2.24, 2.45) is 7.05 Å². The van der Waals surface area contributed by atoms with Crippen LogP contribution in [-0.4, -0.2) is 30.8 Å². The Balaban J connectivity index is 2.98. The van der Waals surface area contributed by atoms with Crippen molar-refractivity contribution in [3.8, 4) is 0 Å². The molecule has 0 atom stereocenters. The number of nitrogens with zero attached hydrogens (tertiary/aromatic N) is 3. The highest BCUT2D eigenvalue weighted by atomic mass is 16.6. The second kappa shape index (κ2) is 3.40. The lowest BCUT2D eigenvalue weighted by molar-refractivity contribution is -0.388. The number of hydrogen-bond donors (Lipinski definition) is 2. The number of aromatic nitrogens is 3. The van der Waals surface area contributed by atoms with Crippen molar-refractivity contribution in [3.05, 3.63) is 32.1 Å². The van der Waals surface area contributed by atoms with Gasteiger partial charge in [0.15, 0.2) is 11.0 Å². The minimum atomic E-state index is -1.45. The van der Waals surface area contributed by atoms with E-state index >= 15 is 0 Å². The van der Waals surface area contributed by atoms with E-state index in [4.69, 9.17) is 5.11 Å². The van der Waals surface area contributed by atoms with Crippen molar-refractivity contribution >= 4 is 22.8 Å². The number of carboxylic acids is 1. The van der Waals surface area contributed by atoms with Crippen LogP contribution in [0, 0.1) is 10.1 Å². The molecule has 88 valence electrons. The number of carbonyl (C=O) groups is 1. The number of pyridine rings is 1. The molecule has 0 aliphatic carbocycles. The Bertz CT molecular complexity index is 698. The fourth-order valence-electron chi connectivity index (χ4n) is 1.51. The number of H-pyrrole nitrogens is 1. The highest BCUT2D eigenvalue weighted by Crippen LogP contribution is 2.19. The van der Waals surface area contributed by atoms with Gasteiger partial charge in [-0.1, -0.05) is 0 Å². The Kier molecular flexibility index (Phi) is 2.16. The summed E-state index contributed by atoms with van der Waals surface area (Å²) in [5.74, 6) is -2.11. The van der Waals surface area contributed by atoms with Gasteiger partial charge in [-0.25, -0.2) is 4.79 Å². The average molecular weight is 238 g/mol. The molecule has 0 amide bonds. The third-order valence-electron chi connectivity index (χ3n) is 2.26. The summed E-state index contributed by atoms with van der Waals surface area (Å²) >= 11 is 0. The van der Waals surface area contributed by atoms with E-state index in [2.05, 4.69) is 10.1 Å². The zero-order valence-electron chi connectivity index (χ0n) is 8.50. The van der Waals surface area contributed by atoms with Crippen LogP contribution in [0.15, 0.2) is 11.0 Å². The Morgan fingerprint density at radius 2 is 2.29 bits per heavy atom. The van der Waals surface area contributed by atoms with Crippen molar-refractivity contribution < 1.29 is 14.8 Å². The molecule has 0 fully saturated rings. The van der Waals surface area contributed by atoms with E-state index in [0.717, 1.165) is 10.9 Å². The van der Waals surface area contributed by atoms with E-state index in [0.29, 0.717) is 0 Å². The number of aryl methyl sites for hydroxylation is 1. The molecule has 0 aromatic carbocycles. The Labute approximate surface area is 92.4 Å². The van der Waals surface area contributed by atoms with E-state index in [1.54, 1.807) is 0 Å². The average Bonchev–Trinajstić information content (AvgIpc) is 2.57. The third-order valence-corrected chi connectivity index (χ3v) is 2.26. The fraction of sp³-hybridized carbons (Fsp3) is 0.125. The first-order chi connectivity index (χ1) is 7.93. The SMILES string of the molecule is Cn1nc([N+](=O)[O-])c2c(=O)c(C(=O)O)c[nH]c21. The number of aromatic amines is 1. The van der Waals surface area contributed by atoms with Crippen LogP contribution < -0.4 is 5.43 Å². The predicted octanol–water partition coefficient (Wildman–Crippen LogP) is -0.132. The van der Waals surface area contributed by atoms with Crippen molar-refractivity contribution in [1.82, 2.24) is 14.8 Å². The molecule has 0 spiro atoms. The maximum absolute atomic E-state index is 11.7. The van der Waals surface area contributed by atoms with Crippen LogP contribution in [0.3, 0.4) is 0 Å². The zero-order valence-corrected chi connectivity index (χ0v) is 8.50. The monoisotopic (exact) mass is 238 g/mol. The zero-order chi connectivity index (χ0) is 12.7.